The number of carbonyl (C=O) groups excluding carboxylic acids is 2. The number of unbranched alkanes of at least 4 members (excludes halogenated alkanes) is 27. The second-order valence-corrected chi connectivity index (χ2v) is 18.7. The Balaban J connectivity index is 2.42. The fraction of sp³-hybridized carbons (Fsp3) is 0.915. The number of hydrogen-bond donors (Lipinski definition) is 6. The first-order chi connectivity index (χ1) is 29.4. The third kappa shape index (κ3) is 30.4. The van der Waals surface area contributed by atoms with Gasteiger partial charge in [-0.05, 0) is 38.5 Å². The number of rotatable bonds is 41. The van der Waals surface area contributed by atoms with Crippen molar-refractivity contribution >= 4 is 19.8 Å². The van der Waals surface area contributed by atoms with E-state index >= 15 is 0 Å². The average molecular weight is 893 g/mol. The summed E-state index contributed by atoms with van der Waals surface area (Å²) in [6.45, 7) is 3.32. The monoisotopic (exact) mass is 893 g/mol. The van der Waals surface area contributed by atoms with Gasteiger partial charge < -0.3 is 39.9 Å². The first kappa shape index (κ1) is 57.6. The molecule has 61 heavy (non-hydrogen) atoms. The number of aliphatic hydroxyl groups is 5. The zero-order chi connectivity index (χ0) is 45.0. The molecular weight excluding hydrogens is 803 g/mol. The van der Waals surface area contributed by atoms with E-state index < -0.39 is 75.7 Å². The molecule has 0 heterocycles. The van der Waals surface area contributed by atoms with Crippen LogP contribution in [0.1, 0.15) is 219 Å². The Morgan fingerprint density at radius 3 is 1.25 bits per heavy atom. The van der Waals surface area contributed by atoms with Crippen LogP contribution in [-0.4, -0.2) is 98.3 Å². The van der Waals surface area contributed by atoms with Crippen LogP contribution in [0.25, 0.3) is 0 Å². The maximum absolute atomic E-state index is 12.8. The lowest BCUT2D eigenvalue weighted by Crippen LogP contribution is -2.64. The van der Waals surface area contributed by atoms with E-state index in [1.54, 1.807) is 0 Å². The number of phosphoric ester groups is 1. The molecule has 0 bridgehead atoms. The summed E-state index contributed by atoms with van der Waals surface area (Å²) in [5, 5.41) is 50.2. The Kier molecular flexibility index (Phi) is 35.8. The van der Waals surface area contributed by atoms with Crippen molar-refractivity contribution in [3.05, 3.63) is 12.2 Å². The minimum Gasteiger partial charge on any atom is -0.462 e. The van der Waals surface area contributed by atoms with E-state index in [1.165, 1.54) is 128 Å². The van der Waals surface area contributed by atoms with E-state index in [1.807, 2.05) is 0 Å². The maximum atomic E-state index is 12.8. The van der Waals surface area contributed by atoms with Crippen molar-refractivity contribution in [2.75, 3.05) is 13.2 Å². The normalized spacial score (nSPS) is 22.0. The maximum Gasteiger partial charge on any atom is 0.472 e. The highest BCUT2D eigenvalue weighted by Gasteiger charge is 2.51. The molecule has 1 fully saturated rings. The third-order valence-corrected chi connectivity index (χ3v) is 12.6. The molecule has 6 unspecified atom stereocenters. The minimum atomic E-state index is -5.11. The van der Waals surface area contributed by atoms with Crippen LogP contribution in [0.4, 0.5) is 0 Å². The molecule has 0 amide bonds. The summed E-state index contributed by atoms with van der Waals surface area (Å²) in [5.74, 6) is -1.09. The van der Waals surface area contributed by atoms with Crippen LogP contribution in [0, 0.1) is 0 Å². The highest BCUT2D eigenvalue weighted by Crippen LogP contribution is 2.47. The third-order valence-electron chi connectivity index (χ3n) is 11.6. The lowest BCUT2D eigenvalue weighted by molar-refractivity contribution is -0.220. The predicted molar refractivity (Wildman–Crippen MR) is 240 cm³/mol. The summed E-state index contributed by atoms with van der Waals surface area (Å²) < 4.78 is 33.6. The zero-order valence-electron chi connectivity index (χ0n) is 38.2. The van der Waals surface area contributed by atoms with E-state index in [4.69, 9.17) is 18.5 Å². The van der Waals surface area contributed by atoms with Crippen LogP contribution >= 0.6 is 7.82 Å². The lowest BCUT2D eigenvalue weighted by atomic mass is 9.85. The molecule has 0 aromatic rings. The summed E-state index contributed by atoms with van der Waals surface area (Å²) in [7, 11) is -5.11. The first-order valence-corrected chi connectivity index (χ1v) is 26.0. The number of esters is 2. The molecule has 0 saturated heterocycles. The van der Waals surface area contributed by atoms with Crippen LogP contribution < -0.4 is 0 Å². The molecule has 0 aliphatic heterocycles. The van der Waals surface area contributed by atoms with Gasteiger partial charge in [0, 0.05) is 12.8 Å². The summed E-state index contributed by atoms with van der Waals surface area (Å²) in [6, 6.07) is 0. The zero-order valence-corrected chi connectivity index (χ0v) is 39.1. The van der Waals surface area contributed by atoms with Crippen LogP contribution in [0.15, 0.2) is 12.2 Å². The molecule has 1 rings (SSSR count). The number of aliphatic hydroxyl groups excluding tert-OH is 5. The van der Waals surface area contributed by atoms with Gasteiger partial charge in [-0.3, -0.25) is 18.6 Å². The van der Waals surface area contributed by atoms with Crippen LogP contribution in [-0.2, 0) is 32.7 Å². The van der Waals surface area contributed by atoms with Gasteiger partial charge in [-0.2, -0.15) is 0 Å². The van der Waals surface area contributed by atoms with Gasteiger partial charge in [0.1, 0.15) is 43.2 Å². The average Bonchev–Trinajstić information content (AvgIpc) is 3.24. The van der Waals surface area contributed by atoms with Crippen LogP contribution in [0.2, 0.25) is 0 Å². The molecule has 360 valence electrons. The summed E-state index contributed by atoms with van der Waals surface area (Å²) in [4.78, 5) is 35.7. The van der Waals surface area contributed by atoms with Crippen LogP contribution in [0.3, 0.4) is 0 Å². The first-order valence-electron chi connectivity index (χ1n) is 24.5. The van der Waals surface area contributed by atoms with E-state index in [9.17, 15) is 44.6 Å². The topological polar surface area (TPSA) is 210 Å². The van der Waals surface area contributed by atoms with Gasteiger partial charge in [0.15, 0.2) is 6.10 Å². The quantitative estimate of drug-likeness (QED) is 0.0146. The molecule has 0 spiro atoms. The fourth-order valence-electron chi connectivity index (χ4n) is 7.64. The summed E-state index contributed by atoms with van der Waals surface area (Å²) in [5.41, 5.74) is 0. The van der Waals surface area contributed by atoms with E-state index in [0.29, 0.717) is 12.8 Å². The van der Waals surface area contributed by atoms with E-state index in [0.717, 1.165) is 51.4 Å². The van der Waals surface area contributed by atoms with Crippen molar-refractivity contribution in [2.45, 2.75) is 262 Å². The Bertz CT molecular complexity index is 1120. The molecule has 14 heteroatoms. The largest absolute Gasteiger partial charge is 0.472 e. The van der Waals surface area contributed by atoms with Gasteiger partial charge in [0.25, 0.3) is 0 Å². The summed E-state index contributed by atoms with van der Waals surface area (Å²) >= 11 is 0. The van der Waals surface area contributed by atoms with E-state index in [-0.39, 0.29) is 12.8 Å². The highest BCUT2D eigenvalue weighted by molar-refractivity contribution is 7.47. The molecule has 1 aliphatic rings. The van der Waals surface area contributed by atoms with Gasteiger partial charge in [-0.1, -0.05) is 180 Å². The molecule has 1 aliphatic carbocycles. The number of carbonyl (C=O) groups is 2. The molecule has 6 N–H and O–H groups in total. The Morgan fingerprint density at radius 1 is 0.492 bits per heavy atom. The molecular formula is C47H89O13P. The second-order valence-electron chi connectivity index (χ2n) is 17.3. The smallest absolute Gasteiger partial charge is 0.462 e. The Morgan fingerprint density at radius 2 is 0.836 bits per heavy atom. The van der Waals surface area contributed by atoms with Crippen molar-refractivity contribution in [1.82, 2.24) is 0 Å². The summed E-state index contributed by atoms with van der Waals surface area (Å²) in [6.07, 6.45) is 26.9. The molecule has 13 nitrogen and oxygen atoms in total. The van der Waals surface area contributed by atoms with Crippen LogP contribution in [0.5, 0.6) is 0 Å². The predicted octanol–water partition coefficient (Wildman–Crippen LogP) is 9.84. The lowest BCUT2D eigenvalue weighted by Gasteiger charge is -2.41. The van der Waals surface area contributed by atoms with Gasteiger partial charge in [0.05, 0.1) is 6.61 Å². The molecule has 1 saturated carbocycles. The molecule has 0 aromatic carbocycles. The Hall–Kier alpha value is -1.41. The minimum absolute atomic E-state index is 0.0960. The molecule has 0 radical (unpaired) electrons. The van der Waals surface area contributed by atoms with Crippen molar-refractivity contribution in [1.29, 1.82) is 0 Å². The second kappa shape index (κ2) is 37.9. The van der Waals surface area contributed by atoms with Gasteiger partial charge in [-0.25, -0.2) is 4.57 Å². The van der Waals surface area contributed by atoms with Gasteiger partial charge >= 0.3 is 19.8 Å². The number of ether oxygens (including phenoxy) is 2. The SMILES string of the molecule is CCCCCCCC/C=C/CCCCCCCCCC(=O)O[C@H](COC(=O)CCCCCCCCCCCCCCCCC)COP(=O)(O)OC1C(O)C(O)C(O)[C@H](O)C1O. The van der Waals surface area contributed by atoms with Crippen molar-refractivity contribution < 1.29 is 63.1 Å². The number of phosphoric acid groups is 1. The van der Waals surface area contributed by atoms with Crippen molar-refractivity contribution in [2.24, 2.45) is 0 Å². The van der Waals surface area contributed by atoms with Crippen molar-refractivity contribution in [3.8, 4) is 0 Å². The van der Waals surface area contributed by atoms with E-state index in [2.05, 4.69) is 26.0 Å². The van der Waals surface area contributed by atoms with Crippen molar-refractivity contribution in [3.63, 3.8) is 0 Å². The standard InChI is InChI=1S/C47H89O13P/c1-3-5-7-9-11-13-15-17-19-20-22-24-26-28-30-32-34-36-41(49)59-39(38-58-61(55,56)60-47-45(53)43(51)42(50)44(52)46(47)54)37-57-40(48)35-33-31-29-27-25-23-21-18-16-14-12-10-8-6-4-2/h17,19,39,42-47,50-54H,3-16,18,20-38H2,1-2H3,(H,55,56)/b19-17+/t39-,42?,43+,44?,45?,46?,47?/m1/s1. The highest BCUT2D eigenvalue weighted by atomic mass is 31.2. The number of hydrogen-bond acceptors (Lipinski definition) is 12. The van der Waals surface area contributed by atoms with Gasteiger partial charge in [0.2, 0.25) is 0 Å². The molecule has 8 atom stereocenters. The Labute approximate surface area is 369 Å². The fourth-order valence-corrected chi connectivity index (χ4v) is 8.61. The van der Waals surface area contributed by atoms with Gasteiger partial charge in [-0.15, -0.1) is 0 Å². The molecule has 0 aromatic heterocycles. The number of allylic oxidation sites excluding steroid dienone is 2.